The number of ketones is 1. The van der Waals surface area contributed by atoms with Crippen molar-refractivity contribution in [3.8, 4) is 0 Å². The van der Waals surface area contributed by atoms with Gasteiger partial charge >= 0.3 is 0 Å². The lowest BCUT2D eigenvalue weighted by Gasteiger charge is -2.06. The van der Waals surface area contributed by atoms with Crippen LogP contribution in [-0.4, -0.2) is 11.7 Å². The molecule has 0 aliphatic heterocycles. The molecule has 0 atom stereocenters. The molecule has 0 aliphatic rings. The fraction of sp³-hybridized carbons (Fsp3) is 0. The van der Waals surface area contributed by atoms with Gasteiger partial charge in [0.05, 0.1) is 6.26 Å². The van der Waals surface area contributed by atoms with Crippen molar-refractivity contribution in [2.24, 2.45) is 0 Å². The van der Waals surface area contributed by atoms with Gasteiger partial charge in [0.25, 0.3) is 5.91 Å². The minimum absolute atomic E-state index is 0.138. The zero-order chi connectivity index (χ0) is 17.6. The van der Waals surface area contributed by atoms with Crippen LogP contribution in [-0.2, 0) is 0 Å². The summed E-state index contributed by atoms with van der Waals surface area (Å²) in [4.78, 5) is 24.3. The molecular weight excluding hydrogens is 382 g/mol. The number of carbonyl (C=O) groups is 2. The third-order valence-electron chi connectivity index (χ3n) is 3.46. The second-order valence-electron chi connectivity index (χ2n) is 5.25. The molecular formula is C20H14BrNO3. The van der Waals surface area contributed by atoms with Crippen LogP contribution in [0.25, 0.3) is 6.08 Å². The summed E-state index contributed by atoms with van der Waals surface area (Å²) in [6, 6.07) is 17.4. The molecule has 1 aromatic heterocycles. The average Bonchev–Trinajstić information content (AvgIpc) is 3.14. The van der Waals surface area contributed by atoms with Crippen molar-refractivity contribution in [3.05, 3.63) is 94.4 Å². The summed E-state index contributed by atoms with van der Waals surface area (Å²) in [5.41, 5.74) is 1.70. The van der Waals surface area contributed by atoms with E-state index in [4.69, 9.17) is 4.42 Å². The molecule has 3 rings (SSSR count). The van der Waals surface area contributed by atoms with Crippen LogP contribution in [0.4, 0.5) is 5.69 Å². The lowest BCUT2D eigenvalue weighted by Crippen LogP contribution is -2.11. The van der Waals surface area contributed by atoms with E-state index in [9.17, 15) is 9.59 Å². The zero-order valence-corrected chi connectivity index (χ0v) is 14.7. The lowest BCUT2D eigenvalue weighted by molar-refractivity contribution is 0.102. The van der Waals surface area contributed by atoms with Gasteiger partial charge in [0.15, 0.2) is 5.78 Å². The Bertz CT molecular complexity index is 912. The molecule has 0 saturated carbocycles. The predicted molar refractivity (Wildman–Crippen MR) is 101 cm³/mol. The number of rotatable bonds is 5. The van der Waals surface area contributed by atoms with E-state index in [1.165, 1.54) is 6.08 Å². The molecule has 0 radical (unpaired) electrons. The highest BCUT2D eigenvalue weighted by Gasteiger charge is 2.07. The summed E-state index contributed by atoms with van der Waals surface area (Å²) in [5.74, 6) is 0.269. The Morgan fingerprint density at radius 1 is 0.960 bits per heavy atom. The molecule has 0 unspecified atom stereocenters. The first-order valence-electron chi connectivity index (χ1n) is 7.55. The van der Waals surface area contributed by atoms with Crippen molar-refractivity contribution in [2.45, 2.75) is 0 Å². The third-order valence-corrected chi connectivity index (χ3v) is 3.95. The Kier molecular flexibility index (Phi) is 5.26. The lowest BCUT2D eigenvalue weighted by atomic mass is 10.1. The summed E-state index contributed by atoms with van der Waals surface area (Å²) in [7, 11) is 0. The van der Waals surface area contributed by atoms with Gasteiger partial charge in [0, 0.05) is 21.3 Å². The van der Waals surface area contributed by atoms with E-state index in [0.717, 1.165) is 4.47 Å². The number of nitrogens with one attached hydrogen (secondary N) is 1. The highest BCUT2D eigenvalue weighted by molar-refractivity contribution is 9.10. The van der Waals surface area contributed by atoms with Gasteiger partial charge in [-0.3, -0.25) is 9.59 Å². The van der Waals surface area contributed by atoms with Gasteiger partial charge < -0.3 is 9.73 Å². The molecule has 0 spiro atoms. The topological polar surface area (TPSA) is 59.3 Å². The quantitative estimate of drug-likeness (QED) is 0.477. The molecule has 25 heavy (non-hydrogen) atoms. The van der Waals surface area contributed by atoms with Crippen molar-refractivity contribution >= 4 is 39.4 Å². The van der Waals surface area contributed by atoms with Crippen LogP contribution in [0.3, 0.4) is 0 Å². The second kappa shape index (κ2) is 7.77. The van der Waals surface area contributed by atoms with Gasteiger partial charge in [-0.1, -0.05) is 22.0 Å². The average molecular weight is 396 g/mol. The highest BCUT2D eigenvalue weighted by atomic mass is 79.9. The standard InChI is InChI=1S/C20H14BrNO3/c21-16-4-1-3-15(13-16)20(24)22-17-8-6-14(7-9-17)19(23)11-10-18-5-2-12-25-18/h1-13H,(H,22,24)/b11-10+. The van der Waals surface area contributed by atoms with Crippen molar-refractivity contribution in [1.82, 2.24) is 0 Å². The first-order chi connectivity index (χ1) is 12.1. The van der Waals surface area contributed by atoms with Crippen molar-refractivity contribution in [3.63, 3.8) is 0 Å². The number of hydrogen-bond acceptors (Lipinski definition) is 3. The van der Waals surface area contributed by atoms with Crippen molar-refractivity contribution < 1.29 is 14.0 Å². The van der Waals surface area contributed by atoms with Crippen LogP contribution >= 0.6 is 15.9 Å². The first-order valence-corrected chi connectivity index (χ1v) is 8.34. The number of allylic oxidation sites excluding steroid dienone is 1. The Morgan fingerprint density at radius 3 is 2.44 bits per heavy atom. The van der Waals surface area contributed by atoms with E-state index in [2.05, 4.69) is 21.2 Å². The summed E-state index contributed by atoms with van der Waals surface area (Å²) in [6.45, 7) is 0. The molecule has 3 aromatic rings. The van der Waals surface area contributed by atoms with Crippen LogP contribution in [0.1, 0.15) is 26.5 Å². The minimum atomic E-state index is -0.210. The monoisotopic (exact) mass is 395 g/mol. The van der Waals surface area contributed by atoms with Gasteiger partial charge in [0.1, 0.15) is 5.76 Å². The van der Waals surface area contributed by atoms with Crippen LogP contribution in [0, 0.1) is 0 Å². The molecule has 0 saturated heterocycles. The number of carbonyl (C=O) groups excluding carboxylic acids is 2. The number of furan rings is 1. The van der Waals surface area contributed by atoms with Crippen LogP contribution in [0.15, 0.2) is 81.9 Å². The smallest absolute Gasteiger partial charge is 0.255 e. The fourth-order valence-corrected chi connectivity index (χ4v) is 2.59. The van der Waals surface area contributed by atoms with Gasteiger partial charge in [-0.05, 0) is 66.7 Å². The minimum Gasteiger partial charge on any atom is -0.465 e. The van der Waals surface area contributed by atoms with Crippen molar-refractivity contribution in [2.75, 3.05) is 5.32 Å². The fourth-order valence-electron chi connectivity index (χ4n) is 2.19. The van der Waals surface area contributed by atoms with Crippen LogP contribution < -0.4 is 5.32 Å². The second-order valence-corrected chi connectivity index (χ2v) is 6.17. The number of benzene rings is 2. The Balaban J connectivity index is 1.65. The van der Waals surface area contributed by atoms with Gasteiger partial charge in [-0.2, -0.15) is 0 Å². The molecule has 1 heterocycles. The zero-order valence-electron chi connectivity index (χ0n) is 13.1. The highest BCUT2D eigenvalue weighted by Crippen LogP contribution is 2.15. The van der Waals surface area contributed by atoms with E-state index in [0.29, 0.717) is 22.6 Å². The normalized spacial score (nSPS) is 10.8. The van der Waals surface area contributed by atoms with Crippen LogP contribution in [0.5, 0.6) is 0 Å². The molecule has 0 fully saturated rings. The van der Waals surface area contributed by atoms with E-state index in [-0.39, 0.29) is 11.7 Å². The predicted octanol–water partition coefficient (Wildman–Crippen LogP) is 5.19. The van der Waals surface area contributed by atoms with Gasteiger partial charge in [-0.15, -0.1) is 0 Å². The van der Waals surface area contributed by atoms with Gasteiger partial charge in [-0.25, -0.2) is 0 Å². The maximum Gasteiger partial charge on any atom is 0.255 e. The first kappa shape index (κ1) is 16.9. The van der Waals surface area contributed by atoms with E-state index in [1.807, 2.05) is 6.07 Å². The summed E-state index contributed by atoms with van der Waals surface area (Å²) < 4.78 is 5.98. The molecule has 5 heteroatoms. The molecule has 0 aliphatic carbocycles. The number of anilines is 1. The van der Waals surface area contributed by atoms with E-state index in [1.54, 1.807) is 66.9 Å². The van der Waals surface area contributed by atoms with Crippen molar-refractivity contribution in [1.29, 1.82) is 0 Å². The Hall–Kier alpha value is -2.92. The van der Waals surface area contributed by atoms with Gasteiger partial charge in [0.2, 0.25) is 0 Å². The molecule has 124 valence electrons. The summed E-state index contributed by atoms with van der Waals surface area (Å²) in [6.07, 6.45) is 4.62. The maximum absolute atomic E-state index is 12.2. The molecule has 1 N–H and O–H groups in total. The largest absolute Gasteiger partial charge is 0.465 e. The summed E-state index contributed by atoms with van der Waals surface area (Å²) in [5, 5.41) is 2.80. The third kappa shape index (κ3) is 4.55. The molecule has 1 amide bonds. The summed E-state index contributed by atoms with van der Waals surface area (Å²) >= 11 is 3.34. The molecule has 2 aromatic carbocycles. The Morgan fingerprint density at radius 2 is 1.76 bits per heavy atom. The maximum atomic E-state index is 12.2. The number of amides is 1. The van der Waals surface area contributed by atoms with Crippen LogP contribution in [0.2, 0.25) is 0 Å². The van der Waals surface area contributed by atoms with E-state index < -0.39 is 0 Å². The molecule has 0 bridgehead atoms. The molecule has 4 nitrogen and oxygen atoms in total. The number of halogens is 1. The SMILES string of the molecule is O=C(/C=C/c1ccco1)c1ccc(NC(=O)c2cccc(Br)c2)cc1. The number of hydrogen-bond donors (Lipinski definition) is 1. The Labute approximate surface area is 153 Å². The van der Waals surface area contributed by atoms with E-state index >= 15 is 0 Å².